The van der Waals surface area contributed by atoms with Crippen LogP contribution in [0.2, 0.25) is 6.55 Å². The minimum absolute atomic E-state index is 1.19. The first-order chi connectivity index (χ1) is 4.88. The van der Waals surface area contributed by atoms with Gasteiger partial charge in [-0.25, -0.2) is 4.79 Å². The summed E-state index contributed by atoms with van der Waals surface area (Å²) >= 11 is 0. The first-order valence-electron chi connectivity index (χ1n) is 2.68. The average molecular weight is 188 g/mol. The quantitative estimate of drug-likeness (QED) is 0.595. The summed E-state index contributed by atoms with van der Waals surface area (Å²) in [6.45, 7) is 1.32. The third-order valence-corrected chi connectivity index (χ3v) is 2.05. The van der Waals surface area contributed by atoms with E-state index in [2.05, 4.69) is 8.85 Å². The molecule has 0 N–H and O–H groups in total. The van der Waals surface area contributed by atoms with Gasteiger partial charge in [-0.2, -0.15) is 13.2 Å². The number of halogens is 3. The van der Waals surface area contributed by atoms with Crippen LogP contribution in [0.1, 0.15) is 0 Å². The molecule has 0 aromatic rings. The standard InChI is InChI=1S/C4H7F3O3Si/c1-9-11(2)10-3(8)4(5,6)7/h11H,1-2H3. The molecule has 1 atom stereocenters. The molecule has 0 bridgehead atoms. The van der Waals surface area contributed by atoms with Crippen molar-refractivity contribution in [3.63, 3.8) is 0 Å². The lowest BCUT2D eigenvalue weighted by atomic mass is 10.7. The van der Waals surface area contributed by atoms with Crippen LogP contribution in [0.3, 0.4) is 0 Å². The van der Waals surface area contributed by atoms with E-state index in [0.29, 0.717) is 0 Å². The molecule has 0 aliphatic carbocycles. The van der Waals surface area contributed by atoms with Gasteiger partial charge in [0.1, 0.15) is 0 Å². The first-order valence-corrected chi connectivity index (χ1v) is 4.78. The Labute approximate surface area is 62.9 Å². The summed E-state index contributed by atoms with van der Waals surface area (Å²) in [6.07, 6.45) is -4.92. The van der Waals surface area contributed by atoms with Crippen molar-refractivity contribution in [1.82, 2.24) is 0 Å². The summed E-state index contributed by atoms with van der Waals surface area (Å²) in [5, 5.41) is 0. The topological polar surface area (TPSA) is 35.5 Å². The Balaban J connectivity index is 3.88. The van der Waals surface area contributed by atoms with Crippen LogP contribution in [-0.4, -0.2) is 28.5 Å². The van der Waals surface area contributed by atoms with Crippen LogP contribution in [0.4, 0.5) is 13.2 Å². The summed E-state index contributed by atoms with van der Waals surface area (Å²) in [6, 6.07) is 0. The zero-order chi connectivity index (χ0) is 9.07. The smallest absolute Gasteiger partial charge is 0.489 e. The molecule has 0 aromatic heterocycles. The highest BCUT2D eigenvalue weighted by atomic mass is 28.3. The SMILES string of the molecule is CO[SiH](C)OC(=O)C(F)(F)F. The van der Waals surface area contributed by atoms with Gasteiger partial charge in [0.15, 0.2) is 0 Å². The van der Waals surface area contributed by atoms with Crippen molar-refractivity contribution >= 4 is 15.3 Å². The minimum atomic E-state index is -4.92. The van der Waals surface area contributed by atoms with Gasteiger partial charge in [-0.1, -0.05) is 0 Å². The molecule has 66 valence electrons. The van der Waals surface area contributed by atoms with E-state index in [1.54, 1.807) is 0 Å². The summed E-state index contributed by atoms with van der Waals surface area (Å²) in [5.74, 6) is -2.18. The van der Waals surface area contributed by atoms with E-state index < -0.39 is 21.4 Å². The number of alkyl halides is 3. The number of hydrogen-bond donors (Lipinski definition) is 0. The van der Waals surface area contributed by atoms with Gasteiger partial charge in [0.05, 0.1) is 0 Å². The zero-order valence-corrected chi connectivity index (χ0v) is 7.09. The Kier molecular flexibility index (Phi) is 3.53. The highest BCUT2D eigenvalue weighted by molar-refractivity contribution is 6.45. The summed E-state index contributed by atoms with van der Waals surface area (Å²) in [4.78, 5) is 10.0. The molecule has 0 rings (SSSR count). The van der Waals surface area contributed by atoms with Crippen LogP contribution < -0.4 is 0 Å². The number of rotatable bonds is 2. The fourth-order valence-corrected chi connectivity index (χ4v) is 0.797. The highest BCUT2D eigenvalue weighted by Gasteiger charge is 2.41. The third-order valence-electron chi connectivity index (χ3n) is 0.836. The van der Waals surface area contributed by atoms with E-state index in [1.807, 2.05) is 0 Å². The zero-order valence-electron chi connectivity index (χ0n) is 5.94. The maximum absolute atomic E-state index is 11.4. The molecule has 11 heavy (non-hydrogen) atoms. The normalized spacial score (nSPS) is 14.3. The van der Waals surface area contributed by atoms with Crippen molar-refractivity contribution in [2.75, 3.05) is 7.11 Å². The van der Waals surface area contributed by atoms with Gasteiger partial charge in [0.25, 0.3) is 0 Å². The Morgan fingerprint density at radius 2 is 1.91 bits per heavy atom. The maximum Gasteiger partial charge on any atom is 0.489 e. The van der Waals surface area contributed by atoms with Crippen molar-refractivity contribution in [2.45, 2.75) is 12.7 Å². The van der Waals surface area contributed by atoms with Gasteiger partial charge >= 0.3 is 21.4 Å². The monoisotopic (exact) mass is 188 g/mol. The molecule has 0 fully saturated rings. The van der Waals surface area contributed by atoms with E-state index in [-0.39, 0.29) is 0 Å². The number of hydrogen-bond acceptors (Lipinski definition) is 3. The largest absolute Gasteiger partial charge is 0.490 e. The molecule has 0 saturated heterocycles. The molecule has 0 aliphatic heterocycles. The van der Waals surface area contributed by atoms with Crippen LogP contribution in [0, 0.1) is 0 Å². The Morgan fingerprint density at radius 3 is 2.18 bits per heavy atom. The summed E-state index contributed by atoms with van der Waals surface area (Å²) in [7, 11) is -1.21. The molecule has 0 aliphatic rings. The molecule has 1 unspecified atom stereocenters. The van der Waals surface area contributed by atoms with E-state index in [0.717, 1.165) is 0 Å². The van der Waals surface area contributed by atoms with Crippen LogP contribution in [0.15, 0.2) is 0 Å². The number of carbonyl (C=O) groups is 1. The van der Waals surface area contributed by atoms with Crippen LogP contribution in [0.5, 0.6) is 0 Å². The van der Waals surface area contributed by atoms with Crippen molar-refractivity contribution in [2.24, 2.45) is 0 Å². The number of carbonyl (C=O) groups excluding carboxylic acids is 1. The molecule has 3 nitrogen and oxygen atoms in total. The molecular weight excluding hydrogens is 181 g/mol. The van der Waals surface area contributed by atoms with Gasteiger partial charge in [-0.3, -0.25) is 0 Å². The Morgan fingerprint density at radius 1 is 1.45 bits per heavy atom. The predicted octanol–water partition coefficient (Wildman–Crippen LogP) is 0.589. The van der Waals surface area contributed by atoms with Gasteiger partial charge in [-0.15, -0.1) is 0 Å². The Hall–Kier alpha value is -0.563. The van der Waals surface area contributed by atoms with E-state index in [1.165, 1.54) is 13.7 Å². The lowest BCUT2D eigenvalue weighted by molar-refractivity contribution is -0.191. The van der Waals surface area contributed by atoms with Crippen LogP contribution >= 0.6 is 0 Å². The average Bonchev–Trinajstić information content (AvgIpc) is 1.85. The van der Waals surface area contributed by atoms with Crippen molar-refractivity contribution in [3.8, 4) is 0 Å². The second-order valence-electron chi connectivity index (χ2n) is 1.71. The lowest BCUT2D eigenvalue weighted by Crippen LogP contribution is -2.31. The fourth-order valence-electron chi connectivity index (χ4n) is 0.266. The molecule has 0 spiro atoms. The van der Waals surface area contributed by atoms with Gasteiger partial charge in [0, 0.05) is 7.11 Å². The van der Waals surface area contributed by atoms with Gasteiger partial charge in [0.2, 0.25) is 0 Å². The molecule has 0 amide bonds. The third kappa shape index (κ3) is 3.99. The van der Waals surface area contributed by atoms with E-state index in [4.69, 9.17) is 0 Å². The highest BCUT2D eigenvalue weighted by Crippen LogP contribution is 2.16. The molecule has 0 aromatic carbocycles. The molecule has 0 radical (unpaired) electrons. The van der Waals surface area contributed by atoms with E-state index >= 15 is 0 Å². The maximum atomic E-state index is 11.4. The summed E-state index contributed by atoms with van der Waals surface area (Å²) in [5.41, 5.74) is 0. The van der Waals surface area contributed by atoms with Crippen molar-refractivity contribution < 1.29 is 26.8 Å². The van der Waals surface area contributed by atoms with Crippen molar-refractivity contribution in [1.29, 1.82) is 0 Å². The lowest BCUT2D eigenvalue weighted by Gasteiger charge is -2.10. The summed E-state index contributed by atoms with van der Waals surface area (Å²) < 4.78 is 42.6. The predicted molar refractivity (Wildman–Crippen MR) is 32.2 cm³/mol. The second-order valence-corrected chi connectivity index (χ2v) is 3.55. The van der Waals surface area contributed by atoms with Crippen molar-refractivity contribution in [3.05, 3.63) is 0 Å². The van der Waals surface area contributed by atoms with E-state index in [9.17, 15) is 18.0 Å². The first kappa shape index (κ1) is 10.4. The Bertz CT molecular complexity index is 146. The van der Waals surface area contributed by atoms with Gasteiger partial charge in [-0.05, 0) is 6.55 Å². The van der Waals surface area contributed by atoms with Gasteiger partial charge < -0.3 is 8.85 Å². The molecule has 0 heterocycles. The second kappa shape index (κ2) is 3.72. The minimum Gasteiger partial charge on any atom is -0.490 e. The molecule has 0 saturated carbocycles. The van der Waals surface area contributed by atoms with Crippen LogP contribution in [-0.2, 0) is 13.6 Å². The fraction of sp³-hybridized carbons (Fsp3) is 0.750. The van der Waals surface area contributed by atoms with Crippen LogP contribution in [0.25, 0.3) is 0 Å². The molecule has 7 heteroatoms. The molecular formula is C4H7F3O3Si.